The smallest absolute Gasteiger partial charge is 0.366 e. The van der Waals surface area contributed by atoms with E-state index in [1.54, 1.807) is 21.6 Å². The zero-order chi connectivity index (χ0) is 30.4. The molecule has 3 aromatic heterocycles. The Kier molecular flexibility index (Phi) is 7.49. The Labute approximate surface area is 246 Å². The maximum atomic E-state index is 13.3. The Morgan fingerprint density at radius 1 is 1.14 bits per heavy atom. The van der Waals surface area contributed by atoms with Crippen LogP contribution in [0.1, 0.15) is 24.2 Å². The van der Waals surface area contributed by atoms with Crippen molar-refractivity contribution in [3.8, 4) is 6.07 Å². The number of amides is 2. The highest BCUT2D eigenvalue weighted by Crippen LogP contribution is 2.42. The highest BCUT2D eigenvalue weighted by Gasteiger charge is 2.54. The highest BCUT2D eigenvalue weighted by molar-refractivity contribution is 5.88. The van der Waals surface area contributed by atoms with E-state index in [9.17, 15) is 28.0 Å². The minimum Gasteiger partial charge on any atom is -0.366 e. The molecule has 0 atom stereocenters. The van der Waals surface area contributed by atoms with E-state index in [0.717, 1.165) is 24.3 Å². The third-order valence-corrected chi connectivity index (χ3v) is 8.55. The molecule has 228 valence electrons. The molecule has 0 radical (unpaired) electrons. The predicted molar refractivity (Wildman–Crippen MR) is 148 cm³/mol. The second kappa shape index (κ2) is 11.1. The molecule has 12 nitrogen and oxygen atoms in total. The fourth-order valence-corrected chi connectivity index (χ4v) is 6.18. The van der Waals surface area contributed by atoms with Gasteiger partial charge in [-0.1, -0.05) is 0 Å². The Morgan fingerprint density at radius 3 is 2.58 bits per heavy atom. The molecular weight excluding hydrogens is 565 g/mol. The summed E-state index contributed by atoms with van der Waals surface area (Å²) in [6.45, 7) is 3.98. The summed E-state index contributed by atoms with van der Waals surface area (Å²) in [4.78, 5) is 38.1. The van der Waals surface area contributed by atoms with Crippen molar-refractivity contribution in [2.24, 2.45) is 11.3 Å². The van der Waals surface area contributed by atoms with E-state index >= 15 is 0 Å². The number of nitriles is 1. The van der Waals surface area contributed by atoms with Crippen molar-refractivity contribution in [2.45, 2.75) is 32.0 Å². The lowest BCUT2D eigenvalue weighted by Gasteiger charge is -2.53. The molecular formula is C28H33F3N10O2. The van der Waals surface area contributed by atoms with Gasteiger partial charge in [-0.15, -0.1) is 0 Å². The van der Waals surface area contributed by atoms with Gasteiger partial charge in [-0.05, 0) is 24.7 Å². The molecule has 3 aliphatic heterocycles. The van der Waals surface area contributed by atoms with Crippen molar-refractivity contribution in [2.75, 3.05) is 64.3 Å². The summed E-state index contributed by atoms with van der Waals surface area (Å²) in [6.07, 6.45) is 0.558. The molecule has 6 rings (SSSR count). The molecule has 15 heteroatoms. The quantitative estimate of drug-likeness (QED) is 0.382. The summed E-state index contributed by atoms with van der Waals surface area (Å²) in [6, 6.07) is 5.80. The zero-order valence-electron chi connectivity index (χ0n) is 23.9. The lowest BCUT2D eigenvalue weighted by Crippen LogP contribution is -2.67. The molecule has 0 bridgehead atoms. The number of hydrogen-bond donors (Lipinski definition) is 0. The van der Waals surface area contributed by atoms with Gasteiger partial charge in [0.25, 0.3) is 0 Å². The van der Waals surface area contributed by atoms with E-state index < -0.39 is 23.9 Å². The molecule has 3 fully saturated rings. The molecule has 0 aliphatic carbocycles. The van der Waals surface area contributed by atoms with Gasteiger partial charge in [0.2, 0.25) is 11.8 Å². The Bertz CT molecular complexity index is 1540. The molecule has 0 spiro atoms. The van der Waals surface area contributed by atoms with Crippen LogP contribution in [-0.2, 0) is 22.6 Å². The van der Waals surface area contributed by atoms with E-state index in [4.69, 9.17) is 4.98 Å². The summed E-state index contributed by atoms with van der Waals surface area (Å²) in [5.74, 6) is -0.254. The van der Waals surface area contributed by atoms with Crippen molar-refractivity contribution < 1.29 is 22.8 Å². The SMILES string of the molecule is CN1CCN(C(=O)Cn2cc(Cc3nc4c(N5CC(CC#N)(C(=O)N6CC(CC(F)(F)F)C6)C5)cccn4n3)cn2)CC1. The van der Waals surface area contributed by atoms with Crippen LogP contribution < -0.4 is 4.90 Å². The average Bonchev–Trinajstić information content (AvgIpc) is 3.53. The summed E-state index contributed by atoms with van der Waals surface area (Å²) in [5.41, 5.74) is 1.27. The van der Waals surface area contributed by atoms with Gasteiger partial charge >= 0.3 is 6.18 Å². The van der Waals surface area contributed by atoms with Gasteiger partial charge in [-0.25, -0.2) is 9.50 Å². The molecule has 43 heavy (non-hydrogen) atoms. The predicted octanol–water partition coefficient (Wildman–Crippen LogP) is 1.42. The summed E-state index contributed by atoms with van der Waals surface area (Å²) >= 11 is 0. The van der Waals surface area contributed by atoms with Crippen LogP contribution in [-0.4, -0.2) is 116 Å². The molecule has 6 heterocycles. The Balaban J connectivity index is 1.09. The second-order valence-electron chi connectivity index (χ2n) is 12.0. The normalized spacial score (nSPS) is 19.3. The zero-order valence-corrected chi connectivity index (χ0v) is 23.9. The highest BCUT2D eigenvalue weighted by atomic mass is 19.4. The maximum Gasteiger partial charge on any atom is 0.389 e. The molecule has 0 unspecified atom stereocenters. The number of anilines is 1. The van der Waals surface area contributed by atoms with E-state index in [-0.39, 0.29) is 51.0 Å². The fourth-order valence-electron chi connectivity index (χ4n) is 6.18. The molecule has 3 aromatic rings. The standard InChI is InChI=1S/C28H33F3N10O2/c1-36-7-9-37(10-8-36)24(42)17-40-16-20(13-33-40)11-23-34-25-22(3-2-6-41(25)35-23)39-18-27(19-39,4-5-32)26(43)38-14-21(15-38)12-28(29,30)31/h2-3,6,13,16,21H,4,7-12,14-15,17-19H2,1H3. The van der Waals surface area contributed by atoms with Crippen LogP contribution in [0.5, 0.6) is 0 Å². The van der Waals surface area contributed by atoms with Crippen LogP contribution in [0.2, 0.25) is 0 Å². The number of likely N-dealkylation sites (N-methyl/N-ethyl adjacent to an activating group) is 1. The van der Waals surface area contributed by atoms with Gasteiger partial charge in [0.15, 0.2) is 11.5 Å². The van der Waals surface area contributed by atoms with Gasteiger partial charge in [-0.3, -0.25) is 14.3 Å². The number of carbonyl (C=O) groups excluding carboxylic acids is 2. The minimum atomic E-state index is -4.25. The molecule has 0 N–H and O–H groups in total. The molecule has 3 aliphatic rings. The topological polar surface area (TPSA) is 119 Å². The van der Waals surface area contributed by atoms with Crippen LogP contribution in [0.25, 0.3) is 5.65 Å². The number of aromatic nitrogens is 5. The fraction of sp³-hybridized carbons (Fsp3) is 0.571. The number of halogens is 3. The van der Waals surface area contributed by atoms with Gasteiger partial charge in [0.05, 0.1) is 29.8 Å². The van der Waals surface area contributed by atoms with Crippen LogP contribution >= 0.6 is 0 Å². The van der Waals surface area contributed by atoms with Crippen molar-refractivity contribution in [3.63, 3.8) is 0 Å². The second-order valence-corrected chi connectivity index (χ2v) is 12.0. The first kappa shape index (κ1) is 28.9. The van der Waals surface area contributed by atoms with Crippen molar-refractivity contribution in [3.05, 3.63) is 42.1 Å². The number of nitrogens with zero attached hydrogens (tertiary/aromatic N) is 10. The lowest BCUT2D eigenvalue weighted by atomic mass is 9.74. The largest absolute Gasteiger partial charge is 0.389 e. The van der Waals surface area contributed by atoms with Crippen LogP contribution in [0.3, 0.4) is 0 Å². The van der Waals surface area contributed by atoms with Crippen LogP contribution in [0, 0.1) is 22.7 Å². The number of pyridine rings is 1. The number of carbonyl (C=O) groups is 2. The minimum absolute atomic E-state index is 0.00880. The molecule has 0 saturated carbocycles. The third-order valence-electron chi connectivity index (χ3n) is 8.55. The van der Waals surface area contributed by atoms with Gasteiger partial charge in [-0.2, -0.15) is 28.6 Å². The summed E-state index contributed by atoms with van der Waals surface area (Å²) in [7, 11) is 2.04. The van der Waals surface area contributed by atoms with Gasteiger partial charge < -0.3 is 19.6 Å². The van der Waals surface area contributed by atoms with Crippen LogP contribution in [0.4, 0.5) is 18.9 Å². The van der Waals surface area contributed by atoms with Crippen molar-refractivity contribution in [1.82, 2.24) is 39.1 Å². The first-order chi connectivity index (χ1) is 20.5. The number of alkyl halides is 3. The summed E-state index contributed by atoms with van der Waals surface area (Å²) in [5, 5.41) is 18.4. The van der Waals surface area contributed by atoms with Crippen molar-refractivity contribution >= 4 is 23.1 Å². The first-order valence-electron chi connectivity index (χ1n) is 14.3. The number of piperazine rings is 1. The number of rotatable bonds is 8. The Hall–Kier alpha value is -4.19. The maximum absolute atomic E-state index is 13.3. The average molecular weight is 599 g/mol. The molecule has 0 aromatic carbocycles. The Morgan fingerprint density at radius 2 is 1.88 bits per heavy atom. The van der Waals surface area contributed by atoms with E-state index in [2.05, 4.69) is 21.2 Å². The molecule has 3 saturated heterocycles. The lowest BCUT2D eigenvalue weighted by molar-refractivity contribution is -0.168. The number of fused-ring (bicyclic) bond motifs is 1. The van der Waals surface area contributed by atoms with E-state index in [0.29, 0.717) is 31.0 Å². The van der Waals surface area contributed by atoms with Crippen LogP contribution in [0.15, 0.2) is 30.7 Å². The van der Waals surface area contributed by atoms with Crippen molar-refractivity contribution in [1.29, 1.82) is 5.26 Å². The molecule has 2 amide bonds. The van der Waals surface area contributed by atoms with E-state index in [1.165, 1.54) is 4.90 Å². The monoisotopic (exact) mass is 598 g/mol. The van der Waals surface area contributed by atoms with E-state index in [1.807, 2.05) is 35.2 Å². The van der Waals surface area contributed by atoms with Gasteiger partial charge in [0.1, 0.15) is 6.54 Å². The van der Waals surface area contributed by atoms with Gasteiger partial charge in [0, 0.05) is 83.5 Å². The first-order valence-corrected chi connectivity index (χ1v) is 14.3. The number of likely N-dealkylation sites (tertiary alicyclic amines) is 1. The summed E-state index contributed by atoms with van der Waals surface area (Å²) < 4.78 is 41.4. The number of hydrogen-bond acceptors (Lipinski definition) is 8. The third kappa shape index (κ3) is 6.01.